The molecule has 3 aromatic carbocycles. The van der Waals surface area contributed by atoms with E-state index in [2.05, 4.69) is 56.3 Å². The number of aliphatic imine (C=N–C) groups is 1. The van der Waals surface area contributed by atoms with Crippen LogP contribution in [0.2, 0.25) is 0 Å². The van der Waals surface area contributed by atoms with Gasteiger partial charge in [0.2, 0.25) is 5.95 Å². The number of H-pyrrole nitrogens is 1. The quantitative estimate of drug-likeness (QED) is 0.125. The van der Waals surface area contributed by atoms with Crippen LogP contribution < -0.4 is 5.56 Å². The lowest BCUT2D eigenvalue weighted by atomic mass is 9.80. The molecule has 0 radical (unpaired) electrons. The molecule has 42 heavy (non-hydrogen) atoms. The Labute approximate surface area is 242 Å². The standard InChI is InChI=1S/C32H30N6O4/c1-37(2)19-34-31-35-28-25(29(39)36-31)33-20-38(28)30-27-26(42-27)24(41-30)18-40-32(21-12-6-3-7-13-21,22-14-8-4-9-15-22)23-16-10-5-11-17-23/h3-17,19-20,24,26-27,30H,18H2,1-2H3,(H,35,36,39)/t24-,26?,27?,30-/m1/s1. The molecule has 0 spiro atoms. The van der Waals surface area contributed by atoms with E-state index in [0.717, 1.165) is 16.7 Å². The molecular weight excluding hydrogens is 532 g/mol. The monoisotopic (exact) mass is 562 g/mol. The lowest BCUT2D eigenvalue weighted by molar-refractivity contribution is -0.115. The van der Waals surface area contributed by atoms with Crippen molar-refractivity contribution in [1.29, 1.82) is 0 Å². The number of ether oxygens (including phenoxy) is 3. The lowest BCUT2D eigenvalue weighted by Crippen LogP contribution is -2.37. The summed E-state index contributed by atoms with van der Waals surface area (Å²) in [4.78, 5) is 30.2. The smallest absolute Gasteiger partial charge is 0.280 e. The molecule has 2 fully saturated rings. The Balaban J connectivity index is 1.21. The summed E-state index contributed by atoms with van der Waals surface area (Å²) in [6.07, 6.45) is 1.93. The summed E-state index contributed by atoms with van der Waals surface area (Å²) in [6, 6.07) is 30.7. The molecule has 0 bridgehead atoms. The lowest BCUT2D eigenvalue weighted by Gasteiger charge is -2.37. The number of nitrogens with zero attached hydrogens (tertiary/aromatic N) is 5. The summed E-state index contributed by atoms with van der Waals surface area (Å²) in [5.41, 5.74) is 2.41. The highest BCUT2D eigenvalue weighted by atomic mass is 16.7. The maximum atomic E-state index is 12.7. The van der Waals surface area contributed by atoms with Crippen LogP contribution in [0.4, 0.5) is 5.95 Å². The fourth-order valence-corrected chi connectivity index (χ4v) is 5.66. The van der Waals surface area contributed by atoms with Crippen molar-refractivity contribution in [2.75, 3.05) is 20.7 Å². The van der Waals surface area contributed by atoms with Crippen molar-refractivity contribution in [3.8, 4) is 0 Å². The molecule has 2 aliphatic heterocycles. The molecule has 10 nitrogen and oxygen atoms in total. The largest absolute Gasteiger partial charge is 0.369 e. The van der Waals surface area contributed by atoms with E-state index in [1.165, 1.54) is 0 Å². The minimum atomic E-state index is -0.870. The van der Waals surface area contributed by atoms with E-state index in [0.29, 0.717) is 5.65 Å². The van der Waals surface area contributed by atoms with E-state index < -0.39 is 11.8 Å². The van der Waals surface area contributed by atoms with Gasteiger partial charge in [-0.05, 0) is 16.7 Å². The summed E-state index contributed by atoms with van der Waals surface area (Å²) in [7, 11) is 3.68. The van der Waals surface area contributed by atoms with Crippen LogP contribution in [0.15, 0.2) is 107 Å². The highest BCUT2D eigenvalue weighted by Gasteiger charge is 2.59. The SMILES string of the molecule is CN(C)C=Nc1nc2c(ncn2[C@@H]2O[C@H](COC(c3ccccc3)(c3ccccc3)c3ccccc3)C3OC32)c(=O)[nH]1. The van der Waals surface area contributed by atoms with Gasteiger partial charge in [-0.2, -0.15) is 4.98 Å². The van der Waals surface area contributed by atoms with Crippen LogP contribution in [0.1, 0.15) is 22.9 Å². The van der Waals surface area contributed by atoms with Gasteiger partial charge in [0.05, 0.1) is 19.3 Å². The molecule has 2 aromatic heterocycles. The molecule has 2 unspecified atom stereocenters. The zero-order valence-corrected chi connectivity index (χ0v) is 23.2. The molecule has 212 valence electrons. The van der Waals surface area contributed by atoms with Gasteiger partial charge >= 0.3 is 0 Å². The van der Waals surface area contributed by atoms with Gasteiger partial charge in [-0.1, -0.05) is 91.0 Å². The minimum absolute atomic E-state index is 0.152. The second-order valence-corrected chi connectivity index (χ2v) is 10.6. The fraction of sp³-hybridized carbons (Fsp3) is 0.250. The summed E-state index contributed by atoms with van der Waals surface area (Å²) < 4.78 is 21.3. The van der Waals surface area contributed by atoms with Crippen molar-refractivity contribution in [2.24, 2.45) is 4.99 Å². The van der Waals surface area contributed by atoms with E-state index in [9.17, 15) is 4.79 Å². The Kier molecular flexibility index (Phi) is 6.66. The van der Waals surface area contributed by atoms with Crippen molar-refractivity contribution in [1.82, 2.24) is 24.4 Å². The number of nitrogens with one attached hydrogen (secondary N) is 1. The predicted octanol–water partition coefficient (Wildman–Crippen LogP) is 4.01. The molecule has 0 saturated carbocycles. The predicted molar refractivity (Wildman–Crippen MR) is 158 cm³/mol. The van der Waals surface area contributed by atoms with Crippen LogP contribution in [0.5, 0.6) is 0 Å². The van der Waals surface area contributed by atoms with Gasteiger partial charge < -0.3 is 19.1 Å². The molecule has 2 saturated heterocycles. The number of hydrogen-bond acceptors (Lipinski definition) is 7. The first-order valence-corrected chi connectivity index (χ1v) is 13.8. The number of imidazole rings is 1. The Morgan fingerprint density at radius 1 is 0.929 bits per heavy atom. The Morgan fingerprint density at radius 2 is 1.52 bits per heavy atom. The summed E-state index contributed by atoms with van der Waals surface area (Å²) in [6.45, 7) is 0.273. The number of aromatic amines is 1. The number of hydrogen-bond donors (Lipinski definition) is 1. The highest BCUT2D eigenvalue weighted by molar-refractivity contribution is 5.71. The number of benzene rings is 3. The number of epoxide rings is 1. The molecule has 0 amide bonds. The average molecular weight is 563 g/mol. The number of fused-ring (bicyclic) bond motifs is 2. The zero-order chi connectivity index (χ0) is 28.7. The third kappa shape index (κ3) is 4.59. The third-order valence-electron chi connectivity index (χ3n) is 7.63. The zero-order valence-electron chi connectivity index (χ0n) is 23.2. The van der Waals surface area contributed by atoms with Crippen molar-refractivity contribution in [3.05, 3.63) is 124 Å². The van der Waals surface area contributed by atoms with E-state index in [1.54, 1.807) is 22.1 Å². The van der Waals surface area contributed by atoms with Gasteiger partial charge in [-0.3, -0.25) is 14.3 Å². The van der Waals surface area contributed by atoms with Crippen LogP contribution in [0.25, 0.3) is 11.2 Å². The van der Waals surface area contributed by atoms with Gasteiger partial charge in [0.1, 0.15) is 23.9 Å². The van der Waals surface area contributed by atoms with Gasteiger partial charge in [0.25, 0.3) is 5.56 Å². The summed E-state index contributed by atoms with van der Waals surface area (Å²) in [5.74, 6) is 0.187. The van der Waals surface area contributed by atoms with Gasteiger partial charge in [-0.25, -0.2) is 9.98 Å². The fourth-order valence-electron chi connectivity index (χ4n) is 5.66. The van der Waals surface area contributed by atoms with Crippen molar-refractivity contribution in [2.45, 2.75) is 30.1 Å². The minimum Gasteiger partial charge on any atom is -0.369 e. The van der Waals surface area contributed by atoms with E-state index >= 15 is 0 Å². The Morgan fingerprint density at radius 3 is 2.10 bits per heavy atom. The van der Waals surface area contributed by atoms with Gasteiger partial charge in [0.15, 0.2) is 17.4 Å². The molecular formula is C32H30N6O4. The third-order valence-corrected chi connectivity index (χ3v) is 7.63. The molecule has 2 aliphatic rings. The van der Waals surface area contributed by atoms with Crippen molar-refractivity contribution < 1.29 is 14.2 Å². The first-order chi connectivity index (χ1) is 20.5. The topological polar surface area (TPSA) is 110 Å². The molecule has 7 rings (SSSR count). The molecule has 1 N–H and O–H groups in total. The Bertz CT molecular complexity index is 1670. The van der Waals surface area contributed by atoms with Crippen LogP contribution in [-0.2, 0) is 19.8 Å². The van der Waals surface area contributed by atoms with Gasteiger partial charge in [0, 0.05) is 14.1 Å². The highest BCUT2D eigenvalue weighted by Crippen LogP contribution is 2.47. The van der Waals surface area contributed by atoms with Crippen LogP contribution in [0, 0.1) is 0 Å². The molecule has 10 heteroatoms. The van der Waals surface area contributed by atoms with Crippen molar-refractivity contribution in [3.63, 3.8) is 0 Å². The van der Waals surface area contributed by atoms with Crippen LogP contribution in [0.3, 0.4) is 0 Å². The number of aromatic nitrogens is 4. The maximum absolute atomic E-state index is 12.7. The number of rotatable bonds is 9. The Hall–Kier alpha value is -4.64. The molecule has 5 aromatic rings. The van der Waals surface area contributed by atoms with E-state index in [-0.39, 0.29) is 41.9 Å². The van der Waals surface area contributed by atoms with E-state index in [1.807, 2.05) is 68.7 Å². The van der Waals surface area contributed by atoms with Crippen LogP contribution in [-0.4, -0.2) is 69.8 Å². The molecule has 4 atom stereocenters. The van der Waals surface area contributed by atoms with Gasteiger partial charge in [-0.15, -0.1) is 0 Å². The second-order valence-electron chi connectivity index (χ2n) is 10.6. The molecule has 4 heterocycles. The average Bonchev–Trinajstić information content (AvgIpc) is 3.57. The van der Waals surface area contributed by atoms with Crippen LogP contribution >= 0.6 is 0 Å². The summed E-state index contributed by atoms with van der Waals surface area (Å²) >= 11 is 0. The summed E-state index contributed by atoms with van der Waals surface area (Å²) in [5, 5.41) is 0. The second kappa shape index (κ2) is 10.6. The first kappa shape index (κ1) is 26.3. The first-order valence-electron chi connectivity index (χ1n) is 13.8. The van der Waals surface area contributed by atoms with Crippen molar-refractivity contribution >= 4 is 23.5 Å². The molecule has 0 aliphatic carbocycles. The maximum Gasteiger partial charge on any atom is 0.280 e. The normalized spacial score (nSPS) is 21.6. The van der Waals surface area contributed by atoms with E-state index in [4.69, 9.17) is 14.2 Å².